The van der Waals surface area contributed by atoms with Gasteiger partial charge >= 0.3 is 0 Å². The van der Waals surface area contributed by atoms with Crippen molar-refractivity contribution in [2.75, 3.05) is 6.61 Å². The predicted octanol–water partition coefficient (Wildman–Crippen LogP) is 5.71. The molecule has 3 nitrogen and oxygen atoms in total. The van der Waals surface area contributed by atoms with Crippen LogP contribution >= 0.6 is 0 Å². The van der Waals surface area contributed by atoms with E-state index in [9.17, 15) is 5.11 Å². The average Bonchev–Trinajstić information content (AvgIpc) is 3.16. The first-order chi connectivity index (χ1) is 14.3. The molecule has 6 rings (SSSR count). The number of hydrogen-bond acceptors (Lipinski definition) is 3. The molecule has 0 aromatic rings. The zero-order valence-electron chi connectivity index (χ0n) is 19.5. The quantitative estimate of drug-likeness (QED) is 0.516. The molecular formula is C27H42O3. The normalized spacial score (nSPS) is 59.8. The van der Waals surface area contributed by atoms with Gasteiger partial charge in [0.2, 0.25) is 0 Å². The van der Waals surface area contributed by atoms with Gasteiger partial charge in [-0.15, -0.1) is 0 Å². The van der Waals surface area contributed by atoms with Gasteiger partial charge in [-0.3, -0.25) is 0 Å². The molecule has 4 aliphatic carbocycles. The number of allylic oxidation sites excluding steroid dienone is 1. The van der Waals surface area contributed by atoms with Crippen molar-refractivity contribution in [3.63, 3.8) is 0 Å². The Bertz CT molecular complexity index is 736. The van der Waals surface area contributed by atoms with Crippen LogP contribution in [0.3, 0.4) is 0 Å². The third-order valence-corrected chi connectivity index (χ3v) is 11.3. The van der Waals surface area contributed by atoms with Crippen molar-refractivity contribution in [3.8, 4) is 0 Å². The molecule has 6 aliphatic rings. The average molecular weight is 415 g/mol. The lowest BCUT2D eigenvalue weighted by molar-refractivity contribution is -0.272. The summed E-state index contributed by atoms with van der Waals surface area (Å²) in [7, 11) is 0. The Morgan fingerprint density at radius 3 is 2.63 bits per heavy atom. The van der Waals surface area contributed by atoms with E-state index >= 15 is 0 Å². The Labute approximate surface area is 183 Å². The summed E-state index contributed by atoms with van der Waals surface area (Å²) in [6.07, 6.45) is 13.5. The maximum absolute atomic E-state index is 10.3. The van der Waals surface area contributed by atoms with Crippen LogP contribution in [0.15, 0.2) is 11.6 Å². The molecule has 11 atom stereocenters. The van der Waals surface area contributed by atoms with E-state index < -0.39 is 0 Å². The molecule has 2 saturated heterocycles. The van der Waals surface area contributed by atoms with E-state index in [1.165, 1.54) is 38.5 Å². The molecule has 0 amide bonds. The number of hydrogen-bond donors (Lipinski definition) is 1. The van der Waals surface area contributed by atoms with Gasteiger partial charge < -0.3 is 14.6 Å². The van der Waals surface area contributed by atoms with Crippen LogP contribution in [0.25, 0.3) is 0 Å². The van der Waals surface area contributed by atoms with Crippen molar-refractivity contribution in [2.45, 2.75) is 103 Å². The maximum atomic E-state index is 10.3. The van der Waals surface area contributed by atoms with E-state index in [1.54, 1.807) is 5.57 Å². The minimum atomic E-state index is -0.294. The van der Waals surface area contributed by atoms with Gasteiger partial charge in [-0.1, -0.05) is 39.3 Å². The second kappa shape index (κ2) is 6.58. The molecule has 2 heterocycles. The van der Waals surface area contributed by atoms with Crippen LogP contribution in [0.2, 0.25) is 0 Å². The number of ether oxygens (including phenoxy) is 2. The highest BCUT2D eigenvalue weighted by Gasteiger charge is 2.68. The van der Waals surface area contributed by atoms with Crippen molar-refractivity contribution in [3.05, 3.63) is 11.6 Å². The molecule has 6 unspecified atom stereocenters. The van der Waals surface area contributed by atoms with Gasteiger partial charge in [0, 0.05) is 12.3 Å². The standard InChI is InChI=1S/C27H42O3/c1-16-7-12-27(29-15-16)17(2)24-23(30-27)14-22-20-6-5-18-13-19(28)8-10-25(18,3)21(20)9-11-26(22,24)4/h5,16-17,19-24,28H,6-15H2,1-4H3/t16?,17-,19-,20?,21?,22?,23?,24-,25-,26-,27?/m0/s1. The SMILES string of the molecule is CC1CCC2(OC1)OC1CC3C4CC=C5C[C@@H](O)CC[C@]5(C)C4CC[C@]3(C)[C@H]1[C@@H]2C. The van der Waals surface area contributed by atoms with Gasteiger partial charge in [0.1, 0.15) is 0 Å². The number of fused-ring (bicyclic) bond motifs is 7. The molecule has 3 saturated carbocycles. The summed E-state index contributed by atoms with van der Waals surface area (Å²) >= 11 is 0. The zero-order valence-corrected chi connectivity index (χ0v) is 19.5. The molecule has 0 aromatic carbocycles. The van der Waals surface area contributed by atoms with Crippen LogP contribution in [-0.2, 0) is 9.47 Å². The van der Waals surface area contributed by atoms with E-state index in [1.807, 2.05) is 0 Å². The summed E-state index contributed by atoms with van der Waals surface area (Å²) in [4.78, 5) is 0. The highest BCUT2D eigenvalue weighted by molar-refractivity contribution is 5.26. The summed E-state index contributed by atoms with van der Waals surface area (Å²) in [5, 5.41) is 10.3. The van der Waals surface area contributed by atoms with Gasteiger partial charge in [0.15, 0.2) is 5.79 Å². The Balaban J connectivity index is 1.28. The largest absolute Gasteiger partial charge is 0.393 e. The Hall–Kier alpha value is -0.380. The molecule has 3 heteroatoms. The van der Waals surface area contributed by atoms with E-state index in [0.717, 1.165) is 43.6 Å². The van der Waals surface area contributed by atoms with Crippen molar-refractivity contribution in [1.82, 2.24) is 0 Å². The van der Waals surface area contributed by atoms with Crippen molar-refractivity contribution in [1.29, 1.82) is 0 Å². The van der Waals surface area contributed by atoms with Crippen LogP contribution in [0.1, 0.15) is 85.5 Å². The Kier molecular flexibility index (Phi) is 4.44. The summed E-state index contributed by atoms with van der Waals surface area (Å²) in [6, 6.07) is 0. The Morgan fingerprint density at radius 2 is 1.87 bits per heavy atom. The first-order valence-electron chi connectivity index (χ1n) is 13.0. The van der Waals surface area contributed by atoms with E-state index in [2.05, 4.69) is 33.8 Å². The van der Waals surface area contributed by atoms with Crippen LogP contribution in [0, 0.1) is 46.3 Å². The minimum absolute atomic E-state index is 0.107. The van der Waals surface area contributed by atoms with Crippen LogP contribution in [-0.4, -0.2) is 29.7 Å². The highest BCUT2D eigenvalue weighted by Crippen LogP contribution is 2.70. The van der Waals surface area contributed by atoms with Gasteiger partial charge in [-0.05, 0) is 91.8 Å². The molecule has 0 radical (unpaired) electrons. The van der Waals surface area contributed by atoms with Crippen LogP contribution in [0.4, 0.5) is 0 Å². The Morgan fingerprint density at radius 1 is 1.03 bits per heavy atom. The minimum Gasteiger partial charge on any atom is -0.393 e. The molecule has 0 aromatic heterocycles. The molecule has 2 aliphatic heterocycles. The fraction of sp³-hybridized carbons (Fsp3) is 0.926. The molecule has 0 bridgehead atoms. The second-order valence-corrected chi connectivity index (χ2v) is 12.7. The van der Waals surface area contributed by atoms with E-state index in [-0.39, 0.29) is 11.9 Å². The highest BCUT2D eigenvalue weighted by atomic mass is 16.7. The zero-order chi connectivity index (χ0) is 20.9. The lowest BCUT2D eigenvalue weighted by atomic mass is 9.47. The third-order valence-electron chi connectivity index (χ3n) is 11.3. The van der Waals surface area contributed by atoms with Crippen LogP contribution in [0.5, 0.6) is 0 Å². The molecule has 5 fully saturated rings. The van der Waals surface area contributed by atoms with Crippen molar-refractivity contribution >= 4 is 0 Å². The first kappa shape index (κ1) is 20.2. The maximum Gasteiger partial charge on any atom is 0.171 e. The summed E-state index contributed by atoms with van der Waals surface area (Å²) in [5.74, 6) is 3.94. The van der Waals surface area contributed by atoms with Crippen molar-refractivity contribution < 1.29 is 14.6 Å². The molecule has 1 spiro atoms. The lowest BCUT2D eigenvalue weighted by Crippen LogP contribution is -2.52. The monoisotopic (exact) mass is 414 g/mol. The van der Waals surface area contributed by atoms with Gasteiger partial charge in [-0.2, -0.15) is 0 Å². The molecule has 30 heavy (non-hydrogen) atoms. The lowest BCUT2D eigenvalue weighted by Gasteiger charge is -2.58. The summed E-state index contributed by atoms with van der Waals surface area (Å²) in [6.45, 7) is 10.8. The molecular weight excluding hydrogens is 372 g/mol. The topological polar surface area (TPSA) is 38.7 Å². The van der Waals surface area contributed by atoms with Gasteiger partial charge in [0.25, 0.3) is 0 Å². The third kappa shape index (κ3) is 2.55. The number of aliphatic hydroxyl groups is 1. The molecule has 1 N–H and O–H groups in total. The van der Waals surface area contributed by atoms with Gasteiger partial charge in [0.05, 0.1) is 18.8 Å². The van der Waals surface area contributed by atoms with E-state index in [0.29, 0.717) is 34.7 Å². The van der Waals surface area contributed by atoms with Crippen molar-refractivity contribution in [2.24, 2.45) is 46.3 Å². The fourth-order valence-electron chi connectivity index (χ4n) is 9.66. The van der Waals surface area contributed by atoms with Crippen LogP contribution < -0.4 is 0 Å². The number of aliphatic hydroxyl groups excluding tert-OH is 1. The number of rotatable bonds is 0. The first-order valence-corrected chi connectivity index (χ1v) is 13.0. The fourth-order valence-corrected chi connectivity index (χ4v) is 9.66. The predicted molar refractivity (Wildman–Crippen MR) is 118 cm³/mol. The summed E-state index contributed by atoms with van der Waals surface area (Å²) in [5.41, 5.74) is 2.31. The molecule has 168 valence electrons. The second-order valence-electron chi connectivity index (χ2n) is 12.7. The summed E-state index contributed by atoms with van der Waals surface area (Å²) < 4.78 is 13.3. The van der Waals surface area contributed by atoms with E-state index in [4.69, 9.17) is 9.47 Å². The van der Waals surface area contributed by atoms with Gasteiger partial charge in [-0.25, -0.2) is 0 Å². The smallest absolute Gasteiger partial charge is 0.171 e.